The van der Waals surface area contributed by atoms with Gasteiger partial charge in [-0.05, 0) is 24.6 Å². The highest BCUT2D eigenvalue weighted by molar-refractivity contribution is 7.98. The summed E-state index contributed by atoms with van der Waals surface area (Å²) in [5.74, 6) is 1.61. The molecule has 0 saturated carbocycles. The Labute approximate surface area is 105 Å². The smallest absolute Gasteiger partial charge is 0.138 e. The first kappa shape index (κ1) is 12.1. The summed E-state index contributed by atoms with van der Waals surface area (Å²) in [4.78, 5) is 9.90. The number of aromatic nitrogens is 2. The summed E-state index contributed by atoms with van der Waals surface area (Å²) in [6.45, 7) is 2.57. The molecule has 4 heteroatoms. The Morgan fingerprint density at radius 1 is 1.24 bits per heavy atom. The lowest BCUT2D eigenvalue weighted by molar-refractivity contribution is 0.918. The van der Waals surface area contributed by atoms with E-state index in [9.17, 15) is 0 Å². The van der Waals surface area contributed by atoms with Gasteiger partial charge in [-0.3, -0.25) is 0 Å². The molecule has 0 fully saturated rings. The van der Waals surface area contributed by atoms with Gasteiger partial charge in [0.05, 0.1) is 11.4 Å². The van der Waals surface area contributed by atoms with Gasteiger partial charge in [-0.2, -0.15) is 0 Å². The van der Waals surface area contributed by atoms with Crippen LogP contribution in [0.3, 0.4) is 0 Å². The highest BCUT2D eigenvalue weighted by atomic mass is 32.2. The second-order valence-electron chi connectivity index (χ2n) is 3.72. The van der Waals surface area contributed by atoms with Crippen LogP contribution in [0, 0.1) is 6.92 Å². The fraction of sp³-hybridized carbons (Fsp3) is 0.231. The van der Waals surface area contributed by atoms with Crippen molar-refractivity contribution >= 4 is 11.8 Å². The van der Waals surface area contributed by atoms with Crippen LogP contribution in [0.5, 0.6) is 0 Å². The first-order valence-electron chi connectivity index (χ1n) is 5.49. The molecular weight excluding hydrogens is 230 g/mol. The zero-order chi connectivity index (χ0) is 12.1. The molecule has 2 aromatic rings. The lowest BCUT2D eigenvalue weighted by atomic mass is 10.2. The van der Waals surface area contributed by atoms with Crippen molar-refractivity contribution in [2.75, 3.05) is 0 Å². The van der Waals surface area contributed by atoms with Gasteiger partial charge in [0.1, 0.15) is 5.82 Å². The van der Waals surface area contributed by atoms with E-state index >= 15 is 0 Å². The second-order valence-corrected chi connectivity index (χ2v) is 4.74. The van der Waals surface area contributed by atoms with E-state index in [0.29, 0.717) is 6.54 Å². The lowest BCUT2D eigenvalue weighted by Gasteiger charge is -2.05. The van der Waals surface area contributed by atoms with Crippen molar-refractivity contribution in [1.82, 2.24) is 9.97 Å². The molecule has 0 radical (unpaired) electrons. The van der Waals surface area contributed by atoms with E-state index in [0.717, 1.165) is 17.3 Å². The van der Waals surface area contributed by atoms with Crippen LogP contribution in [0.1, 0.15) is 17.1 Å². The van der Waals surface area contributed by atoms with E-state index < -0.39 is 0 Å². The van der Waals surface area contributed by atoms with Crippen molar-refractivity contribution in [3.8, 4) is 0 Å². The van der Waals surface area contributed by atoms with E-state index in [1.54, 1.807) is 18.0 Å². The van der Waals surface area contributed by atoms with Crippen LogP contribution in [-0.2, 0) is 12.3 Å². The van der Waals surface area contributed by atoms with Crippen LogP contribution in [0.15, 0.2) is 41.4 Å². The topological polar surface area (TPSA) is 51.8 Å². The Kier molecular flexibility index (Phi) is 4.12. The first-order valence-corrected chi connectivity index (χ1v) is 6.47. The first-order chi connectivity index (χ1) is 8.29. The maximum Gasteiger partial charge on any atom is 0.138 e. The number of aryl methyl sites for hydroxylation is 1. The normalized spacial score (nSPS) is 10.5. The zero-order valence-corrected chi connectivity index (χ0v) is 10.6. The van der Waals surface area contributed by atoms with Gasteiger partial charge in [0.25, 0.3) is 0 Å². The number of benzene rings is 1. The molecule has 2 N–H and O–H groups in total. The van der Waals surface area contributed by atoms with Crippen LogP contribution in [0.2, 0.25) is 0 Å². The van der Waals surface area contributed by atoms with Crippen molar-refractivity contribution in [1.29, 1.82) is 0 Å². The van der Waals surface area contributed by atoms with Gasteiger partial charge in [0.2, 0.25) is 0 Å². The maximum atomic E-state index is 5.55. The monoisotopic (exact) mass is 245 g/mol. The molecule has 0 aliphatic rings. The number of hydrogen-bond donors (Lipinski definition) is 1. The molecule has 2 rings (SSSR count). The van der Waals surface area contributed by atoms with Gasteiger partial charge in [-0.25, -0.2) is 9.97 Å². The van der Waals surface area contributed by atoms with Crippen LogP contribution in [-0.4, -0.2) is 9.97 Å². The number of thioether (sulfide) groups is 1. The third-order valence-electron chi connectivity index (χ3n) is 2.42. The quantitative estimate of drug-likeness (QED) is 0.841. The highest BCUT2D eigenvalue weighted by Crippen LogP contribution is 2.24. The molecular formula is C13H15N3S. The molecule has 1 heterocycles. The number of nitrogens with zero attached hydrogens (tertiary/aromatic N) is 2. The average Bonchev–Trinajstić information content (AvgIpc) is 2.38. The number of hydrogen-bond acceptors (Lipinski definition) is 4. The fourth-order valence-corrected chi connectivity index (χ4v) is 2.38. The fourth-order valence-electron chi connectivity index (χ4n) is 1.49. The summed E-state index contributed by atoms with van der Waals surface area (Å²) in [7, 11) is 0. The van der Waals surface area contributed by atoms with E-state index in [1.807, 2.05) is 18.2 Å². The molecule has 0 spiro atoms. The van der Waals surface area contributed by atoms with Crippen LogP contribution >= 0.6 is 11.8 Å². The van der Waals surface area contributed by atoms with Gasteiger partial charge in [-0.15, -0.1) is 11.8 Å². The molecule has 3 nitrogen and oxygen atoms in total. The third kappa shape index (κ3) is 3.28. The van der Waals surface area contributed by atoms with Crippen LogP contribution < -0.4 is 5.73 Å². The minimum absolute atomic E-state index is 0.463. The van der Waals surface area contributed by atoms with Gasteiger partial charge >= 0.3 is 0 Å². The molecule has 17 heavy (non-hydrogen) atoms. The van der Waals surface area contributed by atoms with E-state index in [4.69, 9.17) is 5.73 Å². The summed E-state index contributed by atoms with van der Waals surface area (Å²) >= 11 is 1.75. The molecule has 0 aliphatic carbocycles. The van der Waals surface area contributed by atoms with Crippen molar-refractivity contribution in [2.24, 2.45) is 5.73 Å². The molecule has 0 aliphatic heterocycles. The van der Waals surface area contributed by atoms with E-state index in [-0.39, 0.29) is 0 Å². The highest BCUT2D eigenvalue weighted by Gasteiger charge is 2.02. The number of nitrogens with two attached hydrogens (primary N) is 1. The van der Waals surface area contributed by atoms with Gasteiger partial charge in [0.15, 0.2) is 0 Å². The molecule has 88 valence electrons. The van der Waals surface area contributed by atoms with E-state index in [2.05, 4.69) is 29.0 Å². The molecule has 0 amide bonds. The molecule has 0 bridgehead atoms. The Bertz CT molecular complexity index is 500. The Morgan fingerprint density at radius 2 is 2.06 bits per heavy atom. The summed E-state index contributed by atoms with van der Waals surface area (Å²) in [6, 6.07) is 10.2. The average molecular weight is 245 g/mol. The van der Waals surface area contributed by atoms with Crippen molar-refractivity contribution in [3.05, 3.63) is 53.6 Å². The Balaban J connectivity index is 2.05. The Hall–Kier alpha value is -1.39. The van der Waals surface area contributed by atoms with Gasteiger partial charge in [-0.1, -0.05) is 18.2 Å². The number of rotatable bonds is 4. The summed E-state index contributed by atoms with van der Waals surface area (Å²) < 4.78 is 0. The largest absolute Gasteiger partial charge is 0.325 e. The van der Waals surface area contributed by atoms with Crippen LogP contribution in [0.25, 0.3) is 0 Å². The van der Waals surface area contributed by atoms with Crippen molar-refractivity contribution in [2.45, 2.75) is 24.1 Å². The Morgan fingerprint density at radius 3 is 2.82 bits per heavy atom. The van der Waals surface area contributed by atoms with Crippen molar-refractivity contribution < 1.29 is 0 Å². The molecule has 0 unspecified atom stereocenters. The van der Waals surface area contributed by atoms with Gasteiger partial charge < -0.3 is 5.73 Å². The summed E-state index contributed by atoms with van der Waals surface area (Å²) in [5, 5.41) is 0. The molecule has 1 aromatic heterocycles. The second kappa shape index (κ2) is 5.80. The minimum atomic E-state index is 0.463. The van der Waals surface area contributed by atoms with Gasteiger partial charge in [0, 0.05) is 17.6 Å². The van der Waals surface area contributed by atoms with E-state index in [1.165, 1.54) is 10.5 Å². The lowest BCUT2D eigenvalue weighted by Crippen LogP contribution is -2.02. The summed E-state index contributed by atoms with van der Waals surface area (Å²) in [6.07, 6.45) is 1.77. The predicted molar refractivity (Wildman–Crippen MR) is 70.7 cm³/mol. The van der Waals surface area contributed by atoms with Crippen molar-refractivity contribution in [3.63, 3.8) is 0 Å². The zero-order valence-electron chi connectivity index (χ0n) is 9.76. The maximum absolute atomic E-state index is 5.55. The standard InChI is InChI=1S/C13H15N3S/c1-10-4-2-3-5-12(10)17-9-13-15-7-6-11(8-14)16-13/h2-7H,8-9,14H2,1H3. The minimum Gasteiger partial charge on any atom is -0.325 e. The SMILES string of the molecule is Cc1ccccc1SCc1nccc(CN)n1. The third-order valence-corrected chi connectivity index (χ3v) is 3.59. The molecule has 1 aromatic carbocycles. The molecule has 0 atom stereocenters. The predicted octanol–water partition coefficient (Wildman–Crippen LogP) is 2.54. The molecule has 0 saturated heterocycles. The van der Waals surface area contributed by atoms with Crippen LogP contribution in [0.4, 0.5) is 0 Å². The summed E-state index contributed by atoms with van der Waals surface area (Å²) in [5.41, 5.74) is 7.73.